The lowest BCUT2D eigenvalue weighted by Crippen LogP contribution is -2.12. The zero-order chi connectivity index (χ0) is 12.0. The van der Waals surface area contributed by atoms with E-state index in [-0.39, 0.29) is 5.91 Å². The van der Waals surface area contributed by atoms with E-state index in [2.05, 4.69) is 0 Å². The highest BCUT2D eigenvalue weighted by Gasteiger charge is 2.08. The van der Waals surface area contributed by atoms with Gasteiger partial charge >= 0.3 is 0 Å². The monoisotopic (exact) mass is 237 g/mol. The summed E-state index contributed by atoms with van der Waals surface area (Å²) in [4.78, 5) is 20.8. The molecule has 0 unspecified atom stereocenters. The topological polar surface area (TPSA) is 60.2 Å². The Kier molecular flexibility index (Phi) is 5.05. The molecule has 2 rings (SSSR count). The summed E-state index contributed by atoms with van der Waals surface area (Å²) in [6, 6.07) is 7.26. The van der Waals surface area contributed by atoms with Crippen LogP contribution in [0.25, 0.3) is 0 Å². The highest BCUT2D eigenvalue weighted by Crippen LogP contribution is 2.17. The fourth-order valence-corrected chi connectivity index (χ4v) is 2.13. The molecule has 0 aliphatic carbocycles. The van der Waals surface area contributed by atoms with Crippen molar-refractivity contribution >= 4 is 22.8 Å². The molecule has 1 saturated heterocycles. The minimum Gasteiger partial charge on any atom is -0.366 e. The molecule has 1 aliphatic heterocycles. The molecule has 1 heterocycles. The number of hydrogen-bond donors (Lipinski definition) is 1. The maximum Gasteiger partial charge on any atom is 0.248 e. The summed E-state index contributed by atoms with van der Waals surface area (Å²) in [5.74, 6) is 0.692. The molecule has 1 aromatic carbocycles. The molecule has 0 spiro atoms. The molecule has 16 heavy (non-hydrogen) atoms. The Morgan fingerprint density at radius 1 is 1.38 bits per heavy atom. The van der Waals surface area contributed by atoms with Crippen LogP contribution >= 0.6 is 11.8 Å². The molecule has 0 radical (unpaired) electrons. The zero-order valence-corrected chi connectivity index (χ0v) is 10.0. The summed E-state index contributed by atoms with van der Waals surface area (Å²) < 4.78 is 0. The third-order valence-corrected chi connectivity index (χ3v) is 3.22. The fraction of sp³-hybridized carbons (Fsp3) is 0.333. The molecule has 2 N–H and O–H groups in total. The average molecular weight is 237 g/mol. The molecular formula is C12H15NO2S. The third kappa shape index (κ3) is 4.06. The van der Waals surface area contributed by atoms with Gasteiger partial charge in [0.1, 0.15) is 0 Å². The minimum absolute atomic E-state index is 0.363. The Morgan fingerprint density at radius 3 is 2.38 bits per heavy atom. The normalized spacial score (nSPS) is 14.2. The van der Waals surface area contributed by atoms with Gasteiger partial charge in [-0.25, -0.2) is 0 Å². The van der Waals surface area contributed by atoms with Crippen molar-refractivity contribution in [2.24, 2.45) is 5.73 Å². The van der Waals surface area contributed by atoms with Crippen molar-refractivity contribution in [3.63, 3.8) is 0 Å². The molecule has 0 bridgehead atoms. The molecule has 86 valence electrons. The minimum atomic E-state index is -0.363. The van der Waals surface area contributed by atoms with Crippen LogP contribution in [0.3, 0.4) is 0 Å². The van der Waals surface area contributed by atoms with Crippen molar-refractivity contribution in [3.8, 4) is 0 Å². The number of nitrogens with two attached hydrogens (primary N) is 1. The number of benzene rings is 1. The van der Waals surface area contributed by atoms with Crippen molar-refractivity contribution in [1.29, 1.82) is 0 Å². The number of primary amides is 1. The van der Waals surface area contributed by atoms with Crippen molar-refractivity contribution in [3.05, 3.63) is 35.4 Å². The summed E-state index contributed by atoms with van der Waals surface area (Å²) in [5, 5.41) is 0.370. The molecule has 1 aromatic rings. The molecule has 4 heteroatoms. The first-order valence-electron chi connectivity index (χ1n) is 5.12. The highest BCUT2D eigenvalue weighted by molar-refractivity contribution is 8.14. The third-order valence-electron chi connectivity index (χ3n) is 2.20. The van der Waals surface area contributed by atoms with Crippen LogP contribution < -0.4 is 5.73 Å². The Labute approximate surface area is 99.4 Å². The van der Waals surface area contributed by atoms with Gasteiger partial charge in [-0.2, -0.15) is 0 Å². The molecule has 0 aromatic heterocycles. The van der Waals surface area contributed by atoms with Crippen molar-refractivity contribution in [2.45, 2.75) is 19.8 Å². The zero-order valence-electron chi connectivity index (χ0n) is 9.23. The summed E-state index contributed by atoms with van der Waals surface area (Å²) in [6.07, 6.45) is 1.91. The van der Waals surface area contributed by atoms with Crippen LogP contribution in [0.15, 0.2) is 24.3 Å². The van der Waals surface area contributed by atoms with Crippen LogP contribution in [0.4, 0.5) is 0 Å². The molecule has 1 aliphatic rings. The predicted octanol–water partition coefficient (Wildman–Crippen LogP) is 2.13. The Balaban J connectivity index is 0.000000181. The van der Waals surface area contributed by atoms with Crippen molar-refractivity contribution < 1.29 is 9.59 Å². The largest absolute Gasteiger partial charge is 0.366 e. The summed E-state index contributed by atoms with van der Waals surface area (Å²) in [6.45, 7) is 1.86. The first-order chi connectivity index (χ1) is 7.61. The lowest BCUT2D eigenvalue weighted by Gasteiger charge is -1.97. The van der Waals surface area contributed by atoms with Gasteiger partial charge in [-0.15, -0.1) is 0 Å². The van der Waals surface area contributed by atoms with Crippen LogP contribution in [-0.2, 0) is 4.79 Å². The van der Waals surface area contributed by atoms with Gasteiger partial charge in [-0.05, 0) is 25.0 Å². The second-order valence-electron chi connectivity index (χ2n) is 3.50. The number of amides is 1. The smallest absolute Gasteiger partial charge is 0.248 e. The summed E-state index contributed by atoms with van der Waals surface area (Å²) in [5.41, 5.74) is 6.60. The first kappa shape index (κ1) is 12.8. The molecule has 3 nitrogen and oxygen atoms in total. The maximum atomic E-state index is 10.6. The first-order valence-corrected chi connectivity index (χ1v) is 6.11. The summed E-state index contributed by atoms with van der Waals surface area (Å²) >= 11 is 1.46. The predicted molar refractivity (Wildman–Crippen MR) is 66.4 cm³/mol. The standard InChI is InChI=1S/C8H9NO.C4H6OS/c1-6-4-2-3-5-7(6)8(9)10;5-4-2-1-3-6-4/h2-5H,1H3,(H2,9,10);1-3H2. The number of thioether (sulfide) groups is 1. The van der Waals surface area contributed by atoms with E-state index in [1.807, 2.05) is 19.1 Å². The van der Waals surface area contributed by atoms with E-state index in [1.54, 1.807) is 12.1 Å². The van der Waals surface area contributed by atoms with Crippen LogP contribution in [0.5, 0.6) is 0 Å². The molecule has 1 amide bonds. The number of carbonyl (C=O) groups excluding carboxylic acids is 2. The molecule has 1 fully saturated rings. The second-order valence-corrected chi connectivity index (χ2v) is 4.66. The van der Waals surface area contributed by atoms with Gasteiger partial charge in [-0.3, -0.25) is 9.59 Å². The van der Waals surface area contributed by atoms with Gasteiger partial charge in [0.15, 0.2) is 5.12 Å². The van der Waals surface area contributed by atoms with E-state index in [0.717, 1.165) is 24.2 Å². The van der Waals surface area contributed by atoms with Gasteiger partial charge in [0.2, 0.25) is 5.91 Å². The number of aryl methyl sites for hydroxylation is 1. The van der Waals surface area contributed by atoms with E-state index in [9.17, 15) is 9.59 Å². The van der Waals surface area contributed by atoms with Crippen LogP contribution in [0.1, 0.15) is 28.8 Å². The van der Waals surface area contributed by atoms with Gasteiger partial charge in [-0.1, -0.05) is 30.0 Å². The quantitative estimate of drug-likeness (QED) is 0.814. The number of carbonyl (C=O) groups is 2. The van der Waals surface area contributed by atoms with Crippen LogP contribution in [0.2, 0.25) is 0 Å². The summed E-state index contributed by atoms with van der Waals surface area (Å²) in [7, 11) is 0. The average Bonchev–Trinajstić information content (AvgIpc) is 2.70. The fourth-order valence-electron chi connectivity index (χ4n) is 1.32. The van der Waals surface area contributed by atoms with E-state index in [4.69, 9.17) is 5.73 Å². The SMILES string of the molecule is Cc1ccccc1C(N)=O.O=C1CCCS1. The van der Waals surface area contributed by atoms with Gasteiger partial charge < -0.3 is 5.73 Å². The van der Waals surface area contributed by atoms with Gasteiger partial charge in [0.25, 0.3) is 0 Å². The molecule has 0 atom stereocenters. The number of hydrogen-bond acceptors (Lipinski definition) is 3. The Bertz CT molecular complexity index is 382. The van der Waals surface area contributed by atoms with E-state index < -0.39 is 0 Å². The van der Waals surface area contributed by atoms with Crippen LogP contribution in [-0.4, -0.2) is 16.8 Å². The maximum absolute atomic E-state index is 10.6. The Hall–Kier alpha value is -1.29. The lowest BCUT2D eigenvalue weighted by atomic mass is 10.1. The van der Waals surface area contributed by atoms with E-state index in [1.165, 1.54) is 11.8 Å². The molecule has 0 saturated carbocycles. The second kappa shape index (κ2) is 6.33. The Morgan fingerprint density at radius 2 is 2.06 bits per heavy atom. The van der Waals surface area contributed by atoms with E-state index in [0.29, 0.717) is 10.7 Å². The van der Waals surface area contributed by atoms with Gasteiger partial charge in [0, 0.05) is 17.7 Å². The highest BCUT2D eigenvalue weighted by atomic mass is 32.2. The van der Waals surface area contributed by atoms with Crippen LogP contribution in [0, 0.1) is 6.92 Å². The van der Waals surface area contributed by atoms with Crippen molar-refractivity contribution in [2.75, 3.05) is 5.75 Å². The molecular weight excluding hydrogens is 222 g/mol. The number of rotatable bonds is 1. The van der Waals surface area contributed by atoms with Gasteiger partial charge in [0.05, 0.1) is 0 Å². The lowest BCUT2D eigenvalue weighted by molar-refractivity contribution is -0.110. The van der Waals surface area contributed by atoms with E-state index >= 15 is 0 Å². The van der Waals surface area contributed by atoms with Crippen molar-refractivity contribution in [1.82, 2.24) is 0 Å².